The Morgan fingerprint density at radius 3 is 2.33 bits per heavy atom. The van der Waals surface area contributed by atoms with E-state index in [4.69, 9.17) is 0 Å². The molecule has 0 radical (unpaired) electrons. The molecule has 9 atom stereocenters. The summed E-state index contributed by atoms with van der Waals surface area (Å²) in [7, 11) is 0. The number of allylic oxidation sites excluding steroid dienone is 1. The van der Waals surface area contributed by atoms with Gasteiger partial charge in [0.05, 0.1) is 5.60 Å². The lowest BCUT2D eigenvalue weighted by Crippen LogP contribution is -2.52. The maximum absolute atomic E-state index is 10.6. The molecular formula is C23H38O. The molecular weight excluding hydrogens is 292 g/mol. The van der Waals surface area contributed by atoms with Crippen molar-refractivity contribution in [3.05, 3.63) is 12.2 Å². The van der Waals surface area contributed by atoms with E-state index in [0.29, 0.717) is 5.41 Å². The van der Waals surface area contributed by atoms with Gasteiger partial charge in [-0.15, -0.1) is 0 Å². The topological polar surface area (TPSA) is 20.2 Å². The van der Waals surface area contributed by atoms with Crippen molar-refractivity contribution < 1.29 is 5.11 Å². The van der Waals surface area contributed by atoms with Crippen LogP contribution >= 0.6 is 0 Å². The molecule has 0 bridgehead atoms. The Kier molecular flexibility index (Phi) is 4.00. The Balaban J connectivity index is 1.60. The first kappa shape index (κ1) is 17.1. The zero-order valence-corrected chi connectivity index (χ0v) is 16.4. The van der Waals surface area contributed by atoms with Crippen LogP contribution in [0.1, 0.15) is 79.1 Å². The van der Waals surface area contributed by atoms with Crippen molar-refractivity contribution in [1.82, 2.24) is 0 Å². The first-order chi connectivity index (χ1) is 11.2. The highest BCUT2D eigenvalue weighted by atomic mass is 16.3. The number of hydrogen-bond donors (Lipinski definition) is 1. The van der Waals surface area contributed by atoms with Crippen LogP contribution in [0.15, 0.2) is 12.2 Å². The number of aliphatic hydroxyl groups is 1. The van der Waals surface area contributed by atoms with Gasteiger partial charge in [-0.1, -0.05) is 26.0 Å². The summed E-state index contributed by atoms with van der Waals surface area (Å²) in [6.45, 7) is 13.8. The molecule has 136 valence electrons. The van der Waals surface area contributed by atoms with Crippen LogP contribution in [0.3, 0.4) is 0 Å². The minimum Gasteiger partial charge on any atom is -0.390 e. The molecule has 4 aliphatic rings. The Hall–Kier alpha value is -0.300. The first-order valence-corrected chi connectivity index (χ1v) is 10.6. The summed E-state index contributed by atoms with van der Waals surface area (Å²) in [5, 5.41) is 10.6. The molecule has 0 aromatic rings. The lowest BCUT2D eigenvalue weighted by Gasteiger charge is -2.58. The summed E-state index contributed by atoms with van der Waals surface area (Å²) in [6, 6.07) is 0. The summed E-state index contributed by atoms with van der Waals surface area (Å²) < 4.78 is 0. The Morgan fingerprint density at radius 2 is 1.62 bits per heavy atom. The first-order valence-electron chi connectivity index (χ1n) is 10.6. The molecule has 0 spiro atoms. The minimum atomic E-state index is -0.399. The quantitative estimate of drug-likeness (QED) is 0.600. The van der Waals surface area contributed by atoms with Gasteiger partial charge in [-0.25, -0.2) is 0 Å². The largest absolute Gasteiger partial charge is 0.390 e. The van der Waals surface area contributed by atoms with Crippen LogP contribution in [0, 0.1) is 46.8 Å². The van der Waals surface area contributed by atoms with Crippen molar-refractivity contribution in [3.8, 4) is 0 Å². The second-order valence-electron chi connectivity index (χ2n) is 10.7. The second-order valence-corrected chi connectivity index (χ2v) is 10.7. The maximum atomic E-state index is 10.6. The van der Waals surface area contributed by atoms with Crippen LogP contribution in [0.2, 0.25) is 0 Å². The standard InChI is InChI=1S/C23H38O/c1-14(2)20-6-7-21-18-12-15(3)19-13-22(4,24)10-8-17(19)16(18)9-11-23(20,21)5/h15-21,24H,1,6-13H2,2-5H3/t15?,16-,17-,18-,19+,20-,21+,22+,23-/m1/s1. The van der Waals surface area contributed by atoms with Crippen molar-refractivity contribution >= 4 is 0 Å². The molecule has 1 nitrogen and oxygen atoms in total. The molecule has 1 heteroatoms. The molecule has 0 aliphatic heterocycles. The van der Waals surface area contributed by atoms with Gasteiger partial charge in [0, 0.05) is 0 Å². The van der Waals surface area contributed by atoms with Gasteiger partial charge in [-0.2, -0.15) is 0 Å². The van der Waals surface area contributed by atoms with Crippen molar-refractivity contribution in [2.45, 2.75) is 84.7 Å². The fraction of sp³-hybridized carbons (Fsp3) is 0.913. The van der Waals surface area contributed by atoms with E-state index in [1.54, 1.807) is 0 Å². The van der Waals surface area contributed by atoms with Gasteiger partial charge in [0.1, 0.15) is 0 Å². The maximum Gasteiger partial charge on any atom is 0.0622 e. The molecule has 24 heavy (non-hydrogen) atoms. The normalized spacial score (nSPS) is 57.0. The van der Waals surface area contributed by atoms with Crippen molar-refractivity contribution in [3.63, 3.8) is 0 Å². The van der Waals surface area contributed by atoms with E-state index in [1.165, 1.54) is 44.1 Å². The monoisotopic (exact) mass is 330 g/mol. The molecule has 4 rings (SSSR count). The third kappa shape index (κ3) is 2.44. The SMILES string of the molecule is C=C(C)[C@H]1CC[C@H]2[C@@H]3CC(C)[C@@H]4C[C@@](C)(O)CC[C@@H]4[C@H]3CC[C@]12C. The van der Waals surface area contributed by atoms with Crippen LogP contribution in [0.4, 0.5) is 0 Å². The van der Waals surface area contributed by atoms with Crippen LogP contribution in [-0.4, -0.2) is 10.7 Å². The molecule has 4 saturated carbocycles. The zero-order valence-electron chi connectivity index (χ0n) is 16.4. The molecule has 0 saturated heterocycles. The number of rotatable bonds is 1. The number of hydrogen-bond acceptors (Lipinski definition) is 1. The van der Waals surface area contributed by atoms with Crippen LogP contribution in [0.25, 0.3) is 0 Å². The van der Waals surface area contributed by atoms with E-state index in [0.717, 1.165) is 54.3 Å². The average molecular weight is 331 g/mol. The van der Waals surface area contributed by atoms with Gasteiger partial charge in [0.25, 0.3) is 0 Å². The lowest BCUT2D eigenvalue weighted by molar-refractivity contribution is -0.117. The Bertz CT molecular complexity index is 520. The number of fused-ring (bicyclic) bond motifs is 5. The summed E-state index contributed by atoms with van der Waals surface area (Å²) in [5.41, 5.74) is 1.57. The third-order valence-electron chi connectivity index (χ3n) is 9.25. The van der Waals surface area contributed by atoms with E-state index in [-0.39, 0.29) is 0 Å². The van der Waals surface area contributed by atoms with Gasteiger partial charge >= 0.3 is 0 Å². The van der Waals surface area contributed by atoms with Crippen molar-refractivity contribution in [1.29, 1.82) is 0 Å². The molecule has 4 fully saturated rings. The van der Waals surface area contributed by atoms with Crippen LogP contribution in [0.5, 0.6) is 0 Å². The molecule has 0 aromatic carbocycles. The van der Waals surface area contributed by atoms with Crippen molar-refractivity contribution in [2.24, 2.45) is 46.8 Å². The highest BCUT2D eigenvalue weighted by Crippen LogP contribution is 2.66. The van der Waals surface area contributed by atoms with Crippen LogP contribution in [-0.2, 0) is 0 Å². The van der Waals surface area contributed by atoms with Crippen molar-refractivity contribution in [2.75, 3.05) is 0 Å². The Morgan fingerprint density at radius 1 is 0.958 bits per heavy atom. The second kappa shape index (κ2) is 5.60. The average Bonchev–Trinajstić information content (AvgIpc) is 2.85. The molecule has 1 unspecified atom stereocenters. The highest BCUT2D eigenvalue weighted by Gasteiger charge is 2.58. The summed E-state index contributed by atoms with van der Waals surface area (Å²) in [6.07, 6.45) is 10.5. The third-order valence-corrected chi connectivity index (χ3v) is 9.25. The van der Waals surface area contributed by atoms with Gasteiger partial charge in [0.15, 0.2) is 0 Å². The molecule has 0 amide bonds. The van der Waals surface area contributed by atoms with Gasteiger partial charge in [0.2, 0.25) is 0 Å². The Labute approximate surface area is 149 Å². The predicted octanol–water partition coefficient (Wildman–Crippen LogP) is 5.83. The van der Waals surface area contributed by atoms with Gasteiger partial charge in [-0.3, -0.25) is 0 Å². The zero-order chi connectivity index (χ0) is 17.3. The van der Waals surface area contributed by atoms with Crippen LogP contribution < -0.4 is 0 Å². The predicted molar refractivity (Wildman–Crippen MR) is 101 cm³/mol. The highest BCUT2D eigenvalue weighted by molar-refractivity contribution is 5.14. The summed E-state index contributed by atoms with van der Waals surface area (Å²) >= 11 is 0. The smallest absolute Gasteiger partial charge is 0.0622 e. The van der Waals surface area contributed by atoms with Gasteiger partial charge < -0.3 is 5.11 Å². The lowest BCUT2D eigenvalue weighted by atomic mass is 9.47. The molecule has 0 aromatic heterocycles. The van der Waals surface area contributed by atoms with E-state index in [1.807, 2.05) is 0 Å². The van der Waals surface area contributed by atoms with E-state index < -0.39 is 5.60 Å². The van der Waals surface area contributed by atoms with Gasteiger partial charge in [-0.05, 0) is 112 Å². The molecule has 1 N–H and O–H groups in total. The fourth-order valence-electron chi connectivity index (χ4n) is 8.21. The summed E-state index contributed by atoms with van der Waals surface area (Å²) in [4.78, 5) is 0. The van der Waals surface area contributed by atoms with E-state index in [2.05, 4.69) is 34.3 Å². The summed E-state index contributed by atoms with van der Waals surface area (Å²) in [5.74, 6) is 6.07. The molecule has 4 aliphatic carbocycles. The van der Waals surface area contributed by atoms with E-state index >= 15 is 0 Å². The molecule has 0 heterocycles. The van der Waals surface area contributed by atoms with E-state index in [9.17, 15) is 5.11 Å². The fourth-order valence-corrected chi connectivity index (χ4v) is 8.21. The minimum absolute atomic E-state index is 0.399.